The number of aliphatic hydroxyl groups is 1. The number of benzene rings is 1. The Morgan fingerprint density at radius 3 is 2.48 bits per heavy atom. The van der Waals surface area contributed by atoms with Crippen LogP contribution in [0.15, 0.2) is 29.3 Å². The topological polar surface area (TPSA) is 56.6 Å². The second-order valence-corrected chi connectivity index (χ2v) is 6.28. The fourth-order valence-corrected chi connectivity index (χ4v) is 2.17. The van der Waals surface area contributed by atoms with Crippen molar-refractivity contribution in [2.75, 3.05) is 19.6 Å². The average Bonchev–Trinajstić information content (AvgIpc) is 2.45. The molecule has 1 unspecified atom stereocenters. The first kappa shape index (κ1) is 18.2. The Hall–Kier alpha value is -0.820. The number of aliphatic hydroxyl groups excluding tert-OH is 1. The van der Waals surface area contributed by atoms with E-state index in [1.165, 1.54) is 5.56 Å². The van der Waals surface area contributed by atoms with Crippen LogP contribution in [0.1, 0.15) is 44.4 Å². The van der Waals surface area contributed by atoms with Gasteiger partial charge in [-0.2, -0.15) is 0 Å². The second-order valence-electron chi connectivity index (χ2n) is 6.28. The fraction of sp³-hybridized carbons (Fsp3) is 0.562. The first-order chi connectivity index (χ1) is 9.47. The molecule has 2 rings (SSSR count). The molecular weight excluding hydrogens is 377 g/mol. The standard InChI is InChI=1S/C16H25N3O.HI/c1-16(2,3)13-7-5-12(6-8-13)14(20)11-19-15-17-9-4-10-18-15;/h5-8,14,20H,4,9-11H2,1-3H3,(H2,17,18,19);1H. The number of rotatable bonds is 3. The first-order valence-corrected chi connectivity index (χ1v) is 7.27. The van der Waals surface area contributed by atoms with Crippen molar-refractivity contribution in [3.05, 3.63) is 35.4 Å². The molecule has 0 amide bonds. The first-order valence-electron chi connectivity index (χ1n) is 7.27. The summed E-state index contributed by atoms with van der Waals surface area (Å²) in [5.41, 5.74) is 2.35. The zero-order valence-corrected chi connectivity index (χ0v) is 15.3. The highest BCUT2D eigenvalue weighted by atomic mass is 127. The van der Waals surface area contributed by atoms with Crippen LogP contribution in [-0.2, 0) is 5.41 Å². The molecule has 0 fully saturated rings. The van der Waals surface area contributed by atoms with E-state index < -0.39 is 6.10 Å². The molecule has 0 bridgehead atoms. The van der Waals surface area contributed by atoms with Crippen molar-refractivity contribution < 1.29 is 5.11 Å². The minimum atomic E-state index is -0.518. The van der Waals surface area contributed by atoms with Crippen molar-refractivity contribution in [1.82, 2.24) is 10.6 Å². The maximum absolute atomic E-state index is 10.2. The molecule has 1 aliphatic heterocycles. The van der Waals surface area contributed by atoms with Crippen molar-refractivity contribution in [2.45, 2.75) is 38.7 Å². The van der Waals surface area contributed by atoms with Gasteiger partial charge in [-0.1, -0.05) is 45.0 Å². The summed E-state index contributed by atoms with van der Waals surface area (Å²) in [6, 6.07) is 8.19. The molecule has 4 nitrogen and oxygen atoms in total. The lowest BCUT2D eigenvalue weighted by molar-refractivity contribution is 0.180. The molecule has 1 aromatic rings. The summed E-state index contributed by atoms with van der Waals surface area (Å²) in [4.78, 5) is 4.32. The molecule has 3 N–H and O–H groups in total. The largest absolute Gasteiger partial charge is 0.387 e. The minimum absolute atomic E-state index is 0. The highest BCUT2D eigenvalue weighted by Crippen LogP contribution is 2.23. The molecule has 1 atom stereocenters. The quantitative estimate of drug-likeness (QED) is 0.681. The monoisotopic (exact) mass is 403 g/mol. The van der Waals surface area contributed by atoms with Gasteiger partial charge in [-0.15, -0.1) is 24.0 Å². The van der Waals surface area contributed by atoms with Gasteiger partial charge in [0.1, 0.15) is 0 Å². The van der Waals surface area contributed by atoms with E-state index in [9.17, 15) is 5.11 Å². The van der Waals surface area contributed by atoms with Crippen molar-refractivity contribution in [1.29, 1.82) is 0 Å². The molecule has 1 aliphatic rings. The van der Waals surface area contributed by atoms with E-state index in [4.69, 9.17) is 0 Å². The number of hydrogen-bond donors (Lipinski definition) is 3. The molecule has 118 valence electrons. The van der Waals surface area contributed by atoms with Crippen LogP contribution >= 0.6 is 24.0 Å². The highest BCUT2D eigenvalue weighted by Gasteiger charge is 2.15. The van der Waals surface area contributed by atoms with Gasteiger partial charge in [-0.25, -0.2) is 0 Å². The second kappa shape index (κ2) is 7.98. The van der Waals surface area contributed by atoms with E-state index in [1.807, 2.05) is 12.1 Å². The van der Waals surface area contributed by atoms with Gasteiger partial charge < -0.3 is 15.7 Å². The van der Waals surface area contributed by atoms with Crippen LogP contribution < -0.4 is 10.6 Å². The third-order valence-electron chi connectivity index (χ3n) is 3.52. The summed E-state index contributed by atoms with van der Waals surface area (Å²) in [5, 5.41) is 16.5. The number of nitrogens with zero attached hydrogens (tertiary/aromatic N) is 1. The summed E-state index contributed by atoms with van der Waals surface area (Å²) in [6.07, 6.45) is 0.553. The molecule has 0 saturated carbocycles. The Kier molecular flexibility index (Phi) is 6.93. The number of hydrogen-bond acceptors (Lipinski definition) is 4. The van der Waals surface area contributed by atoms with Gasteiger partial charge in [-0.3, -0.25) is 4.99 Å². The number of halogens is 1. The van der Waals surface area contributed by atoms with Gasteiger partial charge in [0, 0.05) is 19.6 Å². The highest BCUT2D eigenvalue weighted by molar-refractivity contribution is 14.0. The smallest absolute Gasteiger partial charge is 0.191 e. The fourth-order valence-electron chi connectivity index (χ4n) is 2.17. The predicted molar refractivity (Wildman–Crippen MR) is 98.4 cm³/mol. The van der Waals surface area contributed by atoms with E-state index in [0.717, 1.165) is 31.0 Å². The Morgan fingerprint density at radius 1 is 1.29 bits per heavy atom. The van der Waals surface area contributed by atoms with E-state index in [1.54, 1.807) is 0 Å². The minimum Gasteiger partial charge on any atom is -0.387 e. The zero-order chi connectivity index (χ0) is 14.6. The molecule has 21 heavy (non-hydrogen) atoms. The van der Waals surface area contributed by atoms with Crippen LogP contribution in [0.4, 0.5) is 0 Å². The molecule has 1 heterocycles. The third kappa shape index (κ3) is 5.47. The molecule has 0 radical (unpaired) electrons. The van der Waals surface area contributed by atoms with Gasteiger partial charge in [0.25, 0.3) is 0 Å². The Labute approximate surface area is 144 Å². The van der Waals surface area contributed by atoms with E-state index in [0.29, 0.717) is 6.54 Å². The summed E-state index contributed by atoms with van der Waals surface area (Å²) >= 11 is 0. The van der Waals surface area contributed by atoms with Crippen molar-refractivity contribution >= 4 is 29.9 Å². The third-order valence-corrected chi connectivity index (χ3v) is 3.52. The van der Waals surface area contributed by atoms with Crippen LogP contribution in [0, 0.1) is 0 Å². The number of guanidine groups is 1. The Balaban J connectivity index is 0.00000220. The molecule has 1 aromatic carbocycles. The van der Waals surface area contributed by atoms with Gasteiger partial charge >= 0.3 is 0 Å². The van der Waals surface area contributed by atoms with Crippen molar-refractivity contribution in [3.63, 3.8) is 0 Å². The van der Waals surface area contributed by atoms with E-state index in [-0.39, 0.29) is 29.4 Å². The van der Waals surface area contributed by atoms with Crippen LogP contribution in [0.25, 0.3) is 0 Å². The van der Waals surface area contributed by atoms with Crippen LogP contribution in [0.5, 0.6) is 0 Å². The Morgan fingerprint density at radius 2 is 1.95 bits per heavy atom. The normalized spacial score (nSPS) is 16.3. The average molecular weight is 403 g/mol. The summed E-state index contributed by atoms with van der Waals surface area (Å²) in [6.45, 7) is 8.83. The Bertz CT molecular complexity index is 465. The van der Waals surface area contributed by atoms with Crippen LogP contribution in [-0.4, -0.2) is 30.7 Å². The van der Waals surface area contributed by atoms with Crippen LogP contribution in [0.3, 0.4) is 0 Å². The van der Waals surface area contributed by atoms with E-state index in [2.05, 4.69) is 48.5 Å². The van der Waals surface area contributed by atoms with Crippen molar-refractivity contribution in [3.8, 4) is 0 Å². The number of nitrogens with one attached hydrogen (secondary N) is 2. The number of aliphatic imine (C=N–C) groups is 1. The lowest BCUT2D eigenvalue weighted by Crippen LogP contribution is -2.42. The molecule has 5 heteroatoms. The maximum atomic E-state index is 10.2. The zero-order valence-electron chi connectivity index (χ0n) is 13.0. The van der Waals surface area contributed by atoms with Gasteiger partial charge in [0.15, 0.2) is 5.96 Å². The summed E-state index contributed by atoms with van der Waals surface area (Å²) in [7, 11) is 0. The maximum Gasteiger partial charge on any atom is 0.191 e. The summed E-state index contributed by atoms with van der Waals surface area (Å²) in [5.74, 6) is 0.793. The molecular formula is C16H26IN3O. The van der Waals surface area contributed by atoms with Gasteiger partial charge in [0.05, 0.1) is 6.10 Å². The molecule has 0 aromatic heterocycles. The molecule has 0 spiro atoms. The van der Waals surface area contributed by atoms with Gasteiger partial charge in [0.2, 0.25) is 0 Å². The molecule has 0 aliphatic carbocycles. The molecule has 0 saturated heterocycles. The van der Waals surface area contributed by atoms with Crippen molar-refractivity contribution in [2.24, 2.45) is 4.99 Å². The SMILES string of the molecule is CC(C)(C)c1ccc(C(O)CNC2=NCCCN2)cc1.I. The predicted octanol–water partition coefficient (Wildman–Crippen LogP) is 2.57. The lowest BCUT2D eigenvalue weighted by Gasteiger charge is -2.21. The summed E-state index contributed by atoms with van der Waals surface area (Å²) < 4.78 is 0. The van der Waals surface area contributed by atoms with Crippen LogP contribution in [0.2, 0.25) is 0 Å². The van der Waals surface area contributed by atoms with E-state index >= 15 is 0 Å². The van der Waals surface area contributed by atoms with Gasteiger partial charge in [-0.05, 0) is 23.0 Å². The lowest BCUT2D eigenvalue weighted by atomic mass is 9.86.